The second-order valence-corrected chi connectivity index (χ2v) is 5.54. The number of rotatable bonds is 7. The Morgan fingerprint density at radius 3 is 2.64 bits per heavy atom. The van der Waals surface area contributed by atoms with Crippen LogP contribution < -0.4 is 0 Å². The standard InChI is InChI=1S/C17H19ClN4/c1-2-3-4-5-12-22-17(16(13-19)20-21-22)11-8-14-6-9-15(18)10-7-14/h6-11H,2-5,12H2,1H3/b11-8+. The van der Waals surface area contributed by atoms with E-state index in [2.05, 4.69) is 23.3 Å². The minimum absolute atomic E-state index is 0.362. The van der Waals surface area contributed by atoms with Crippen molar-refractivity contribution in [3.05, 3.63) is 46.2 Å². The van der Waals surface area contributed by atoms with Gasteiger partial charge < -0.3 is 0 Å². The predicted molar refractivity (Wildman–Crippen MR) is 89.3 cm³/mol. The molecule has 0 bridgehead atoms. The molecule has 5 heteroatoms. The molecule has 0 radical (unpaired) electrons. The van der Waals surface area contributed by atoms with Crippen molar-refractivity contribution in [2.24, 2.45) is 0 Å². The van der Waals surface area contributed by atoms with Crippen molar-refractivity contribution in [1.29, 1.82) is 5.26 Å². The van der Waals surface area contributed by atoms with Crippen LogP contribution in [-0.4, -0.2) is 15.0 Å². The molecule has 2 rings (SSSR count). The van der Waals surface area contributed by atoms with Gasteiger partial charge in [-0.2, -0.15) is 5.26 Å². The van der Waals surface area contributed by atoms with Crippen LogP contribution >= 0.6 is 11.6 Å². The summed E-state index contributed by atoms with van der Waals surface area (Å²) in [5, 5.41) is 17.9. The number of aryl methyl sites for hydroxylation is 1. The maximum atomic E-state index is 9.16. The van der Waals surface area contributed by atoms with Gasteiger partial charge in [0.2, 0.25) is 0 Å². The number of nitrogens with zero attached hydrogens (tertiary/aromatic N) is 4. The van der Waals surface area contributed by atoms with Gasteiger partial charge in [-0.25, -0.2) is 4.68 Å². The molecule has 1 aromatic heterocycles. The summed E-state index contributed by atoms with van der Waals surface area (Å²) in [4.78, 5) is 0. The molecule has 1 aromatic carbocycles. The molecule has 4 nitrogen and oxygen atoms in total. The SMILES string of the molecule is CCCCCCn1nnc(C#N)c1/C=C/c1ccc(Cl)cc1. The third-order valence-electron chi connectivity index (χ3n) is 3.41. The zero-order chi connectivity index (χ0) is 15.8. The van der Waals surface area contributed by atoms with E-state index in [1.807, 2.05) is 36.4 Å². The summed E-state index contributed by atoms with van der Waals surface area (Å²) in [7, 11) is 0. The van der Waals surface area contributed by atoms with Crippen LogP contribution in [0.25, 0.3) is 12.2 Å². The molecule has 0 N–H and O–H groups in total. The lowest BCUT2D eigenvalue weighted by molar-refractivity contribution is 0.525. The minimum Gasteiger partial charge on any atom is -0.244 e. The van der Waals surface area contributed by atoms with Gasteiger partial charge in [-0.3, -0.25) is 0 Å². The molecule has 0 aliphatic heterocycles. The van der Waals surface area contributed by atoms with Gasteiger partial charge >= 0.3 is 0 Å². The number of hydrogen-bond acceptors (Lipinski definition) is 3. The molecular formula is C17H19ClN4. The number of hydrogen-bond donors (Lipinski definition) is 0. The zero-order valence-corrected chi connectivity index (χ0v) is 13.4. The van der Waals surface area contributed by atoms with Gasteiger partial charge in [0.25, 0.3) is 0 Å². The molecule has 0 amide bonds. The monoisotopic (exact) mass is 314 g/mol. The molecule has 22 heavy (non-hydrogen) atoms. The second kappa shape index (κ2) is 8.35. The highest BCUT2D eigenvalue weighted by molar-refractivity contribution is 6.30. The first-order valence-electron chi connectivity index (χ1n) is 7.52. The Balaban J connectivity index is 2.12. The van der Waals surface area contributed by atoms with E-state index in [1.165, 1.54) is 19.3 Å². The summed E-state index contributed by atoms with van der Waals surface area (Å²) in [6, 6.07) is 9.64. The molecule has 0 atom stereocenters. The molecule has 114 valence electrons. The van der Waals surface area contributed by atoms with Crippen LogP contribution in [0.15, 0.2) is 24.3 Å². The molecule has 0 saturated heterocycles. The van der Waals surface area contributed by atoms with E-state index in [0.717, 1.165) is 24.2 Å². The lowest BCUT2D eigenvalue weighted by Gasteiger charge is -2.03. The summed E-state index contributed by atoms with van der Waals surface area (Å²) in [5.41, 5.74) is 2.14. The number of halogens is 1. The molecular weight excluding hydrogens is 296 g/mol. The van der Waals surface area contributed by atoms with Gasteiger partial charge in [0.15, 0.2) is 5.69 Å². The van der Waals surface area contributed by atoms with E-state index in [-0.39, 0.29) is 0 Å². The highest BCUT2D eigenvalue weighted by atomic mass is 35.5. The van der Waals surface area contributed by atoms with E-state index in [1.54, 1.807) is 4.68 Å². The number of benzene rings is 1. The quantitative estimate of drug-likeness (QED) is 0.704. The first-order chi connectivity index (χ1) is 10.7. The number of nitriles is 1. The topological polar surface area (TPSA) is 54.5 Å². The van der Waals surface area contributed by atoms with Crippen LogP contribution in [0.3, 0.4) is 0 Å². The first kappa shape index (κ1) is 16.3. The predicted octanol–water partition coefficient (Wildman–Crippen LogP) is 4.55. The Morgan fingerprint density at radius 1 is 1.18 bits per heavy atom. The van der Waals surface area contributed by atoms with Crippen molar-refractivity contribution < 1.29 is 0 Å². The normalized spacial score (nSPS) is 11.0. The average Bonchev–Trinajstić information content (AvgIpc) is 2.93. The Bertz CT molecular complexity index is 665. The van der Waals surface area contributed by atoms with Gasteiger partial charge in [0.05, 0.1) is 5.69 Å². The third kappa shape index (κ3) is 4.44. The van der Waals surface area contributed by atoms with Crippen LogP contribution in [0.4, 0.5) is 0 Å². The lowest BCUT2D eigenvalue weighted by Crippen LogP contribution is -2.03. The first-order valence-corrected chi connectivity index (χ1v) is 7.89. The summed E-state index contributed by atoms with van der Waals surface area (Å²) in [6.45, 7) is 2.97. The van der Waals surface area contributed by atoms with Gasteiger partial charge in [-0.05, 0) is 30.2 Å². The maximum Gasteiger partial charge on any atom is 0.190 e. The molecule has 0 spiro atoms. The smallest absolute Gasteiger partial charge is 0.190 e. The van der Waals surface area contributed by atoms with E-state index < -0.39 is 0 Å². The molecule has 0 saturated carbocycles. The average molecular weight is 315 g/mol. The number of aromatic nitrogens is 3. The molecule has 0 aliphatic rings. The highest BCUT2D eigenvalue weighted by Gasteiger charge is 2.09. The van der Waals surface area contributed by atoms with Crippen molar-refractivity contribution in [3.63, 3.8) is 0 Å². The molecule has 0 fully saturated rings. The van der Waals surface area contributed by atoms with Crippen molar-refractivity contribution in [3.8, 4) is 6.07 Å². The molecule has 0 unspecified atom stereocenters. The van der Waals surface area contributed by atoms with E-state index in [4.69, 9.17) is 16.9 Å². The van der Waals surface area contributed by atoms with Gasteiger partial charge in [0, 0.05) is 11.6 Å². The molecule has 0 aliphatic carbocycles. The van der Waals surface area contributed by atoms with Gasteiger partial charge in [0.1, 0.15) is 6.07 Å². The van der Waals surface area contributed by atoms with Gasteiger partial charge in [-0.15, -0.1) is 5.10 Å². The van der Waals surface area contributed by atoms with Crippen LogP contribution in [0.2, 0.25) is 5.02 Å². The summed E-state index contributed by atoms with van der Waals surface area (Å²) in [5.74, 6) is 0. The number of unbranched alkanes of at least 4 members (excludes halogenated alkanes) is 3. The van der Waals surface area contributed by atoms with Crippen molar-refractivity contribution in [2.75, 3.05) is 0 Å². The van der Waals surface area contributed by atoms with E-state index in [9.17, 15) is 0 Å². The Labute approximate surface area is 136 Å². The molecule has 1 heterocycles. The second-order valence-electron chi connectivity index (χ2n) is 5.10. The van der Waals surface area contributed by atoms with Crippen LogP contribution in [-0.2, 0) is 6.54 Å². The fourth-order valence-electron chi connectivity index (χ4n) is 2.17. The Hall–Kier alpha value is -2.12. The van der Waals surface area contributed by atoms with E-state index in [0.29, 0.717) is 10.7 Å². The van der Waals surface area contributed by atoms with Gasteiger partial charge in [-0.1, -0.05) is 61.2 Å². The third-order valence-corrected chi connectivity index (χ3v) is 3.66. The van der Waals surface area contributed by atoms with E-state index >= 15 is 0 Å². The lowest BCUT2D eigenvalue weighted by atomic mass is 10.2. The van der Waals surface area contributed by atoms with Crippen LogP contribution in [0.1, 0.15) is 49.6 Å². The minimum atomic E-state index is 0.362. The summed E-state index contributed by atoms with van der Waals surface area (Å²) in [6.07, 6.45) is 8.46. The highest BCUT2D eigenvalue weighted by Crippen LogP contribution is 2.14. The summed E-state index contributed by atoms with van der Waals surface area (Å²) < 4.78 is 1.81. The summed E-state index contributed by atoms with van der Waals surface area (Å²) >= 11 is 5.88. The van der Waals surface area contributed by atoms with Crippen molar-refractivity contribution in [1.82, 2.24) is 15.0 Å². The van der Waals surface area contributed by atoms with Crippen molar-refractivity contribution in [2.45, 2.75) is 39.2 Å². The fraction of sp³-hybridized carbons (Fsp3) is 0.353. The zero-order valence-electron chi connectivity index (χ0n) is 12.7. The van der Waals surface area contributed by atoms with Crippen molar-refractivity contribution >= 4 is 23.8 Å². The Morgan fingerprint density at radius 2 is 1.95 bits per heavy atom. The molecule has 2 aromatic rings. The fourth-order valence-corrected chi connectivity index (χ4v) is 2.29. The maximum absolute atomic E-state index is 9.16. The van der Waals surface area contributed by atoms with Crippen LogP contribution in [0, 0.1) is 11.3 Å². The Kier molecular flexibility index (Phi) is 6.17. The van der Waals surface area contributed by atoms with Crippen LogP contribution in [0.5, 0.6) is 0 Å². The largest absolute Gasteiger partial charge is 0.244 e.